The van der Waals surface area contributed by atoms with Gasteiger partial charge in [-0.2, -0.15) is 13.2 Å². The highest BCUT2D eigenvalue weighted by Gasteiger charge is 2.33. The van der Waals surface area contributed by atoms with Gasteiger partial charge in [-0.05, 0) is 42.7 Å². The molecule has 1 amide bonds. The highest BCUT2D eigenvalue weighted by molar-refractivity contribution is 8.14. The molecule has 1 saturated heterocycles. The lowest BCUT2D eigenvalue weighted by Gasteiger charge is -2.27. The monoisotopic (exact) mass is 475 g/mol. The molecule has 1 aliphatic carbocycles. The predicted molar refractivity (Wildman–Crippen MR) is 127 cm³/mol. The number of carbonyl (C=O) groups excluding carboxylic acids is 1. The molecular weight excluding hydrogens is 447 g/mol. The number of thioether (sulfide) groups is 1. The molecule has 0 bridgehead atoms. The third-order valence-corrected chi connectivity index (χ3v) is 7.22. The van der Waals surface area contributed by atoms with E-state index in [1.807, 2.05) is 18.2 Å². The molecule has 2 fully saturated rings. The molecule has 2 aromatic rings. The van der Waals surface area contributed by atoms with Crippen LogP contribution in [0.4, 0.5) is 18.9 Å². The zero-order valence-corrected chi connectivity index (χ0v) is 19.2. The summed E-state index contributed by atoms with van der Waals surface area (Å²) in [4.78, 5) is 20.0. The Kier molecular flexibility index (Phi) is 7.63. The van der Waals surface area contributed by atoms with Crippen LogP contribution in [0, 0.1) is 0 Å². The molecule has 0 spiro atoms. The molecule has 1 heterocycles. The summed E-state index contributed by atoms with van der Waals surface area (Å²) < 4.78 is 38.3. The lowest BCUT2D eigenvalue weighted by Crippen LogP contribution is -2.37. The van der Waals surface area contributed by atoms with E-state index in [2.05, 4.69) is 22.3 Å². The van der Waals surface area contributed by atoms with Gasteiger partial charge in [0.1, 0.15) is 0 Å². The van der Waals surface area contributed by atoms with Crippen LogP contribution < -0.4 is 5.32 Å². The summed E-state index contributed by atoms with van der Waals surface area (Å²) in [5.74, 6) is 0.552. The molecule has 2 aliphatic rings. The van der Waals surface area contributed by atoms with E-state index in [1.165, 1.54) is 31.4 Å². The number of benzene rings is 2. The van der Waals surface area contributed by atoms with Crippen LogP contribution in [0.1, 0.15) is 49.7 Å². The third kappa shape index (κ3) is 6.53. The first-order valence-corrected chi connectivity index (χ1v) is 12.4. The Balaban J connectivity index is 1.44. The van der Waals surface area contributed by atoms with Gasteiger partial charge in [0.15, 0.2) is 5.17 Å². The average Bonchev–Trinajstić information content (AvgIpc) is 3.15. The smallest absolute Gasteiger partial charge is 0.343 e. The number of alkyl halides is 3. The Bertz CT molecular complexity index is 957. The molecule has 1 unspecified atom stereocenters. The van der Waals surface area contributed by atoms with Crippen LogP contribution in [0.5, 0.6) is 0 Å². The molecule has 0 aromatic heterocycles. The topological polar surface area (TPSA) is 44.7 Å². The minimum absolute atomic E-state index is 0.0213. The molecule has 1 aliphatic heterocycles. The van der Waals surface area contributed by atoms with Crippen molar-refractivity contribution in [2.45, 2.75) is 63.3 Å². The van der Waals surface area contributed by atoms with E-state index in [1.54, 1.807) is 11.8 Å². The molecule has 8 heteroatoms. The van der Waals surface area contributed by atoms with Gasteiger partial charge >= 0.3 is 6.18 Å². The number of halogens is 3. The predicted octanol–water partition coefficient (Wildman–Crippen LogP) is 6.34. The average molecular weight is 476 g/mol. The largest absolute Gasteiger partial charge is 0.416 e. The van der Waals surface area contributed by atoms with Crippen LogP contribution in [0.3, 0.4) is 0 Å². The Morgan fingerprint density at radius 2 is 1.73 bits per heavy atom. The summed E-state index contributed by atoms with van der Waals surface area (Å²) in [6.45, 7) is 0.678. The highest BCUT2D eigenvalue weighted by Crippen LogP contribution is 2.32. The molecule has 0 radical (unpaired) electrons. The standard InChI is InChI=1S/C25H28F3N3OS/c26-25(27,28)19-11-13-21(14-12-19)29-23(32)15-22-17-33-24(30-20-9-5-2-6-10-20)31(22)16-18-7-3-1-4-8-18/h1,3-4,7-8,11-14,20,22H,2,5-6,9-10,15-17H2,(H,29,32). The molecule has 1 N–H and O–H groups in total. The SMILES string of the molecule is O=C(CC1CSC(=NC2CCCCC2)N1Cc1ccccc1)Nc1ccc(C(F)(F)F)cc1. The van der Waals surface area contributed by atoms with E-state index in [4.69, 9.17) is 4.99 Å². The zero-order valence-electron chi connectivity index (χ0n) is 18.4. The van der Waals surface area contributed by atoms with Gasteiger partial charge in [-0.25, -0.2) is 0 Å². The van der Waals surface area contributed by atoms with Gasteiger partial charge in [-0.3, -0.25) is 9.79 Å². The second-order valence-electron chi connectivity index (χ2n) is 8.61. The summed E-state index contributed by atoms with van der Waals surface area (Å²) in [5.41, 5.74) is 0.791. The Morgan fingerprint density at radius 3 is 2.39 bits per heavy atom. The maximum absolute atomic E-state index is 12.8. The maximum Gasteiger partial charge on any atom is 0.416 e. The number of hydrogen-bond donors (Lipinski definition) is 1. The van der Waals surface area contributed by atoms with Crippen molar-refractivity contribution in [1.29, 1.82) is 0 Å². The van der Waals surface area contributed by atoms with Crippen LogP contribution in [0.15, 0.2) is 59.6 Å². The van der Waals surface area contributed by atoms with Crippen molar-refractivity contribution in [2.24, 2.45) is 4.99 Å². The number of rotatable bonds is 6. The Hall–Kier alpha value is -2.48. The minimum Gasteiger partial charge on any atom is -0.343 e. The van der Waals surface area contributed by atoms with E-state index in [-0.39, 0.29) is 18.4 Å². The molecule has 1 atom stereocenters. The molecular formula is C25H28F3N3OS. The number of carbonyl (C=O) groups is 1. The first-order chi connectivity index (χ1) is 15.9. The highest BCUT2D eigenvalue weighted by atomic mass is 32.2. The number of hydrogen-bond acceptors (Lipinski definition) is 3. The van der Waals surface area contributed by atoms with Gasteiger partial charge in [0.05, 0.1) is 11.6 Å². The van der Waals surface area contributed by atoms with Crippen molar-refractivity contribution in [3.63, 3.8) is 0 Å². The lowest BCUT2D eigenvalue weighted by molar-refractivity contribution is -0.137. The van der Waals surface area contributed by atoms with Crippen molar-refractivity contribution in [2.75, 3.05) is 11.1 Å². The van der Waals surface area contributed by atoms with Crippen LogP contribution in [-0.2, 0) is 17.5 Å². The number of nitrogens with zero attached hydrogens (tertiary/aromatic N) is 2. The van der Waals surface area contributed by atoms with Crippen LogP contribution in [0.2, 0.25) is 0 Å². The first-order valence-electron chi connectivity index (χ1n) is 11.4. The van der Waals surface area contributed by atoms with Crippen LogP contribution >= 0.6 is 11.8 Å². The summed E-state index contributed by atoms with van der Waals surface area (Å²) >= 11 is 1.70. The second-order valence-corrected chi connectivity index (χ2v) is 9.60. The lowest BCUT2D eigenvalue weighted by atomic mass is 9.96. The summed E-state index contributed by atoms with van der Waals surface area (Å²) in [5, 5.41) is 3.74. The molecule has 2 aromatic carbocycles. The first kappa shape index (κ1) is 23.7. The molecule has 4 rings (SSSR count). The summed E-state index contributed by atoms with van der Waals surface area (Å²) in [6.07, 6.45) is 1.78. The van der Waals surface area contributed by atoms with Crippen LogP contribution in [-0.4, -0.2) is 33.8 Å². The van der Waals surface area contributed by atoms with Crippen molar-refractivity contribution < 1.29 is 18.0 Å². The van der Waals surface area contributed by atoms with E-state index >= 15 is 0 Å². The fourth-order valence-electron chi connectivity index (χ4n) is 4.29. The zero-order chi connectivity index (χ0) is 23.3. The summed E-state index contributed by atoms with van der Waals surface area (Å²) in [6, 6.07) is 15.0. The van der Waals surface area contributed by atoms with E-state index in [9.17, 15) is 18.0 Å². The number of nitrogens with one attached hydrogen (secondary N) is 1. The number of amidine groups is 1. The van der Waals surface area contributed by atoms with E-state index < -0.39 is 11.7 Å². The van der Waals surface area contributed by atoms with Gasteiger partial charge in [0, 0.05) is 30.4 Å². The number of amides is 1. The maximum atomic E-state index is 12.8. The van der Waals surface area contributed by atoms with Gasteiger partial charge in [0.2, 0.25) is 5.91 Å². The van der Waals surface area contributed by atoms with Gasteiger partial charge < -0.3 is 10.2 Å². The number of anilines is 1. The number of aliphatic imine (C=N–C) groups is 1. The Labute approximate surface area is 196 Å². The molecule has 176 valence electrons. The van der Waals surface area contributed by atoms with E-state index in [0.717, 1.165) is 41.5 Å². The minimum atomic E-state index is -4.39. The van der Waals surface area contributed by atoms with Crippen molar-refractivity contribution in [1.82, 2.24) is 4.90 Å². The van der Waals surface area contributed by atoms with Crippen molar-refractivity contribution in [3.8, 4) is 0 Å². The van der Waals surface area contributed by atoms with Crippen LogP contribution in [0.25, 0.3) is 0 Å². The Morgan fingerprint density at radius 1 is 1.03 bits per heavy atom. The van der Waals surface area contributed by atoms with Gasteiger partial charge in [0.25, 0.3) is 0 Å². The molecule has 33 heavy (non-hydrogen) atoms. The quantitative estimate of drug-likeness (QED) is 0.530. The molecule has 4 nitrogen and oxygen atoms in total. The fraction of sp³-hybridized carbons (Fsp3) is 0.440. The van der Waals surface area contributed by atoms with Crippen molar-refractivity contribution >= 4 is 28.5 Å². The summed E-state index contributed by atoms with van der Waals surface area (Å²) in [7, 11) is 0. The fourth-order valence-corrected chi connectivity index (χ4v) is 5.53. The van der Waals surface area contributed by atoms with E-state index in [0.29, 0.717) is 18.3 Å². The normalized spacial score (nSPS) is 20.9. The third-order valence-electron chi connectivity index (χ3n) is 6.07. The second kappa shape index (κ2) is 10.6. The molecule has 1 saturated carbocycles. The van der Waals surface area contributed by atoms with Gasteiger partial charge in [-0.1, -0.05) is 61.4 Å². The van der Waals surface area contributed by atoms with Crippen molar-refractivity contribution in [3.05, 3.63) is 65.7 Å². The van der Waals surface area contributed by atoms with Gasteiger partial charge in [-0.15, -0.1) is 0 Å².